The van der Waals surface area contributed by atoms with Crippen molar-refractivity contribution in [2.75, 3.05) is 6.54 Å². The van der Waals surface area contributed by atoms with Gasteiger partial charge in [-0.15, -0.1) is 16.4 Å². The number of nitrogens with one attached hydrogen (secondary N) is 1. The van der Waals surface area contributed by atoms with Crippen LogP contribution in [0.25, 0.3) is 0 Å². The Bertz CT molecular complexity index is 506. The minimum atomic E-state index is 0.288. The van der Waals surface area contributed by atoms with Crippen molar-refractivity contribution in [3.8, 4) is 0 Å². The third-order valence-electron chi connectivity index (χ3n) is 2.96. The smallest absolute Gasteiger partial charge is 0.0897 e. The van der Waals surface area contributed by atoms with Crippen molar-refractivity contribution in [3.63, 3.8) is 0 Å². The zero-order valence-electron chi connectivity index (χ0n) is 11.6. The van der Waals surface area contributed by atoms with Crippen LogP contribution in [-0.2, 0) is 12.8 Å². The third kappa shape index (κ3) is 3.81. The molecule has 2 heterocycles. The lowest BCUT2D eigenvalue weighted by Gasteiger charge is -2.16. The van der Waals surface area contributed by atoms with Crippen LogP contribution in [0.15, 0.2) is 5.38 Å². The normalized spacial score (nSPS) is 12.8. The molecule has 6 heteroatoms. The number of nitrogens with zero attached hydrogens (tertiary/aromatic N) is 3. The second-order valence-electron chi connectivity index (χ2n) is 4.51. The predicted octanol–water partition coefficient (Wildman–Crippen LogP) is 3.15. The third-order valence-corrected chi connectivity index (χ3v) is 4.66. The Balaban J connectivity index is 2.15. The predicted molar refractivity (Wildman–Crippen MR) is 80.9 cm³/mol. The van der Waals surface area contributed by atoms with Gasteiger partial charge in [-0.05, 0) is 37.8 Å². The minimum absolute atomic E-state index is 0.288. The fourth-order valence-electron chi connectivity index (χ4n) is 2.01. The van der Waals surface area contributed by atoms with Gasteiger partial charge in [-0.1, -0.05) is 18.3 Å². The van der Waals surface area contributed by atoms with Crippen LogP contribution in [0.2, 0.25) is 0 Å². The number of hydrogen-bond acceptors (Lipinski definition) is 6. The van der Waals surface area contributed by atoms with Crippen molar-refractivity contribution in [3.05, 3.63) is 26.7 Å². The highest BCUT2D eigenvalue weighted by Gasteiger charge is 2.19. The molecule has 0 saturated heterocycles. The van der Waals surface area contributed by atoms with Crippen LogP contribution in [0, 0.1) is 6.92 Å². The molecule has 2 aromatic rings. The van der Waals surface area contributed by atoms with E-state index in [1.807, 2.05) is 6.92 Å². The Hall–Kier alpha value is -0.850. The van der Waals surface area contributed by atoms with Gasteiger partial charge in [0, 0.05) is 11.8 Å². The number of aromatic nitrogens is 3. The monoisotopic (exact) mass is 296 g/mol. The van der Waals surface area contributed by atoms with Crippen LogP contribution in [0.3, 0.4) is 0 Å². The van der Waals surface area contributed by atoms with Gasteiger partial charge in [-0.25, -0.2) is 4.98 Å². The maximum atomic E-state index is 4.57. The highest BCUT2D eigenvalue weighted by molar-refractivity contribution is 7.09. The summed E-state index contributed by atoms with van der Waals surface area (Å²) in [7, 11) is 0. The average molecular weight is 296 g/mol. The van der Waals surface area contributed by atoms with Crippen molar-refractivity contribution in [1.29, 1.82) is 0 Å². The zero-order chi connectivity index (χ0) is 13.7. The standard InChI is InChI=1S/C13H20N4S2/c1-4-6-14-12(7-10-8-18-9(3)15-10)13-11(5-2)16-17-19-13/h8,12,14H,4-7H2,1-3H3. The summed E-state index contributed by atoms with van der Waals surface area (Å²) in [6.45, 7) is 7.37. The molecule has 1 atom stereocenters. The molecule has 4 nitrogen and oxygen atoms in total. The van der Waals surface area contributed by atoms with E-state index in [0.717, 1.165) is 42.2 Å². The summed E-state index contributed by atoms with van der Waals surface area (Å²) in [6, 6.07) is 0.288. The van der Waals surface area contributed by atoms with E-state index < -0.39 is 0 Å². The van der Waals surface area contributed by atoms with E-state index in [9.17, 15) is 0 Å². The summed E-state index contributed by atoms with van der Waals surface area (Å²) in [5.41, 5.74) is 2.28. The van der Waals surface area contributed by atoms with Gasteiger partial charge in [0.15, 0.2) is 0 Å². The second kappa shape index (κ2) is 7.07. The summed E-state index contributed by atoms with van der Waals surface area (Å²) >= 11 is 3.22. The molecule has 0 amide bonds. The largest absolute Gasteiger partial charge is 0.309 e. The van der Waals surface area contributed by atoms with E-state index in [-0.39, 0.29) is 6.04 Å². The van der Waals surface area contributed by atoms with Gasteiger partial charge < -0.3 is 5.32 Å². The van der Waals surface area contributed by atoms with Crippen LogP contribution < -0.4 is 5.32 Å². The van der Waals surface area contributed by atoms with Gasteiger partial charge in [0.2, 0.25) is 0 Å². The summed E-state index contributed by atoms with van der Waals surface area (Å²) in [5, 5.41) is 11.1. The van der Waals surface area contributed by atoms with E-state index in [1.165, 1.54) is 16.4 Å². The first kappa shape index (κ1) is 14.6. The molecule has 0 bridgehead atoms. The van der Waals surface area contributed by atoms with Crippen molar-refractivity contribution in [1.82, 2.24) is 19.9 Å². The van der Waals surface area contributed by atoms with E-state index in [2.05, 4.69) is 39.1 Å². The van der Waals surface area contributed by atoms with Gasteiger partial charge in [0.25, 0.3) is 0 Å². The summed E-state index contributed by atoms with van der Waals surface area (Å²) in [5.74, 6) is 0. The maximum absolute atomic E-state index is 4.57. The van der Waals surface area contributed by atoms with Crippen LogP contribution in [0.5, 0.6) is 0 Å². The lowest BCUT2D eigenvalue weighted by atomic mass is 10.1. The van der Waals surface area contributed by atoms with Crippen LogP contribution in [-0.4, -0.2) is 21.1 Å². The number of rotatable bonds is 7. The molecule has 1 N–H and O–H groups in total. The molecular formula is C13H20N4S2. The fraction of sp³-hybridized carbons (Fsp3) is 0.615. The lowest BCUT2D eigenvalue weighted by Crippen LogP contribution is -2.24. The number of aryl methyl sites for hydroxylation is 2. The Morgan fingerprint density at radius 1 is 1.37 bits per heavy atom. The maximum Gasteiger partial charge on any atom is 0.0897 e. The van der Waals surface area contributed by atoms with Crippen molar-refractivity contribution in [2.24, 2.45) is 0 Å². The Kier molecular flexibility index (Phi) is 5.42. The van der Waals surface area contributed by atoms with Crippen LogP contribution in [0.4, 0.5) is 0 Å². The Morgan fingerprint density at radius 2 is 2.21 bits per heavy atom. The van der Waals surface area contributed by atoms with Gasteiger partial charge in [-0.3, -0.25) is 0 Å². The number of thiazole rings is 1. The van der Waals surface area contributed by atoms with Crippen molar-refractivity contribution >= 4 is 22.9 Å². The molecule has 0 radical (unpaired) electrons. The molecule has 2 aromatic heterocycles. The minimum Gasteiger partial charge on any atom is -0.309 e. The molecule has 0 aliphatic carbocycles. The molecule has 0 fully saturated rings. The zero-order valence-corrected chi connectivity index (χ0v) is 13.3. The summed E-state index contributed by atoms with van der Waals surface area (Å²) < 4.78 is 4.10. The first-order valence-electron chi connectivity index (χ1n) is 6.70. The van der Waals surface area contributed by atoms with Crippen molar-refractivity contribution < 1.29 is 0 Å². The quantitative estimate of drug-likeness (QED) is 0.853. The molecule has 0 aliphatic rings. The van der Waals surface area contributed by atoms with E-state index in [4.69, 9.17) is 0 Å². The van der Waals surface area contributed by atoms with Crippen molar-refractivity contribution in [2.45, 2.75) is 46.1 Å². The molecule has 1 unspecified atom stereocenters. The SMILES string of the molecule is CCCNC(Cc1csc(C)n1)c1snnc1CC. The lowest BCUT2D eigenvalue weighted by molar-refractivity contribution is 0.528. The van der Waals surface area contributed by atoms with Gasteiger partial charge >= 0.3 is 0 Å². The molecule has 0 aromatic carbocycles. The second-order valence-corrected chi connectivity index (χ2v) is 6.35. The highest BCUT2D eigenvalue weighted by atomic mass is 32.1. The van der Waals surface area contributed by atoms with Gasteiger partial charge in [-0.2, -0.15) is 0 Å². The number of hydrogen-bond donors (Lipinski definition) is 1. The highest BCUT2D eigenvalue weighted by Crippen LogP contribution is 2.25. The first-order valence-corrected chi connectivity index (χ1v) is 8.35. The summed E-state index contributed by atoms with van der Waals surface area (Å²) in [6.07, 6.45) is 2.98. The Morgan fingerprint density at radius 3 is 2.84 bits per heavy atom. The van der Waals surface area contributed by atoms with Gasteiger partial charge in [0.1, 0.15) is 0 Å². The summed E-state index contributed by atoms with van der Waals surface area (Å²) in [4.78, 5) is 5.83. The van der Waals surface area contributed by atoms with Crippen LogP contribution >= 0.6 is 22.9 Å². The van der Waals surface area contributed by atoms with Gasteiger partial charge in [0.05, 0.1) is 27.3 Å². The average Bonchev–Trinajstić information content (AvgIpc) is 3.03. The molecule has 0 aliphatic heterocycles. The molecule has 0 spiro atoms. The molecule has 2 rings (SSSR count). The fourth-order valence-corrected chi connectivity index (χ4v) is 3.45. The van der Waals surface area contributed by atoms with E-state index in [0.29, 0.717) is 0 Å². The topological polar surface area (TPSA) is 50.7 Å². The first-order chi connectivity index (χ1) is 9.24. The van der Waals surface area contributed by atoms with E-state index in [1.54, 1.807) is 11.3 Å². The molecule has 104 valence electrons. The molecular weight excluding hydrogens is 276 g/mol. The molecule has 0 saturated carbocycles. The van der Waals surface area contributed by atoms with E-state index >= 15 is 0 Å². The van der Waals surface area contributed by atoms with Crippen LogP contribution in [0.1, 0.15) is 47.6 Å². The molecule has 19 heavy (non-hydrogen) atoms. The Labute approximate surface area is 122 Å².